The van der Waals surface area contributed by atoms with Gasteiger partial charge in [-0.25, -0.2) is 0 Å². The van der Waals surface area contributed by atoms with Crippen LogP contribution in [0.15, 0.2) is 5.03 Å². The van der Waals surface area contributed by atoms with Gasteiger partial charge in [0.1, 0.15) is 5.69 Å². The third kappa shape index (κ3) is 3.64. The summed E-state index contributed by atoms with van der Waals surface area (Å²) in [4.78, 5) is 10.7. The maximum atomic E-state index is 11.0. The van der Waals surface area contributed by atoms with Crippen molar-refractivity contribution in [3.05, 3.63) is 15.8 Å². The fourth-order valence-electron chi connectivity index (χ4n) is 1.46. The highest BCUT2D eigenvalue weighted by Crippen LogP contribution is 2.32. The lowest BCUT2D eigenvalue weighted by Crippen LogP contribution is -2.00. The second-order valence-electron chi connectivity index (χ2n) is 3.36. The number of nitro groups is 1. The quantitative estimate of drug-likeness (QED) is 0.331. The molecule has 1 heterocycles. The Bertz CT molecular complexity index is 393. The van der Waals surface area contributed by atoms with Crippen molar-refractivity contribution in [2.75, 3.05) is 17.3 Å². The number of nitrogens with zero attached hydrogens (tertiary/aromatic N) is 3. The van der Waals surface area contributed by atoms with Gasteiger partial charge in [-0.3, -0.25) is 14.8 Å². The summed E-state index contributed by atoms with van der Waals surface area (Å²) in [7, 11) is 0. The van der Waals surface area contributed by atoms with Crippen molar-refractivity contribution in [3.63, 3.8) is 0 Å². The molecule has 17 heavy (non-hydrogen) atoms. The van der Waals surface area contributed by atoms with E-state index in [4.69, 9.17) is 0 Å². The molecule has 0 aliphatic carbocycles. The molecule has 7 heteroatoms. The summed E-state index contributed by atoms with van der Waals surface area (Å²) in [6.07, 6.45) is 0. The standard InChI is InChI=1S/C10H17N3O2S2/c1-4-12-10(17-7-6-16-5-2)9(13(14)15)8(3)11-12/h4-7H2,1-3H3. The lowest BCUT2D eigenvalue weighted by atomic mass is 10.4. The molecule has 0 N–H and O–H groups in total. The monoisotopic (exact) mass is 275 g/mol. The van der Waals surface area contributed by atoms with E-state index >= 15 is 0 Å². The number of hydrogen-bond acceptors (Lipinski definition) is 5. The summed E-state index contributed by atoms with van der Waals surface area (Å²) in [6.45, 7) is 6.41. The van der Waals surface area contributed by atoms with Crippen molar-refractivity contribution in [1.82, 2.24) is 9.78 Å². The minimum atomic E-state index is -0.330. The molecule has 0 fully saturated rings. The van der Waals surface area contributed by atoms with E-state index in [1.807, 2.05) is 18.7 Å². The molecule has 0 atom stereocenters. The van der Waals surface area contributed by atoms with E-state index in [1.165, 1.54) is 11.8 Å². The largest absolute Gasteiger partial charge is 0.323 e. The molecule has 0 saturated heterocycles. The van der Waals surface area contributed by atoms with E-state index in [-0.39, 0.29) is 10.6 Å². The molecule has 1 rings (SSSR count). The molecule has 0 unspecified atom stereocenters. The van der Waals surface area contributed by atoms with Gasteiger partial charge >= 0.3 is 5.69 Å². The van der Waals surface area contributed by atoms with E-state index in [0.717, 1.165) is 17.3 Å². The Morgan fingerprint density at radius 3 is 2.65 bits per heavy atom. The number of aryl methyl sites for hydroxylation is 2. The summed E-state index contributed by atoms with van der Waals surface area (Å²) in [6, 6.07) is 0. The highest BCUT2D eigenvalue weighted by Gasteiger charge is 2.24. The maximum absolute atomic E-state index is 11.0. The minimum Gasteiger partial charge on any atom is -0.258 e. The average molecular weight is 275 g/mol. The fourth-order valence-corrected chi connectivity index (χ4v) is 3.42. The van der Waals surface area contributed by atoms with Gasteiger partial charge in [0, 0.05) is 18.1 Å². The number of thioether (sulfide) groups is 2. The Balaban J connectivity index is 2.83. The van der Waals surface area contributed by atoms with Gasteiger partial charge in [-0.15, -0.1) is 0 Å². The SMILES string of the molecule is CCSCCSc1c([N+](=O)[O-])c(C)nn1CC. The van der Waals surface area contributed by atoms with Crippen LogP contribution in [0, 0.1) is 17.0 Å². The first-order valence-electron chi connectivity index (χ1n) is 5.54. The van der Waals surface area contributed by atoms with Crippen LogP contribution in [-0.2, 0) is 6.54 Å². The first kappa shape index (κ1) is 14.4. The van der Waals surface area contributed by atoms with Crippen LogP contribution in [0.5, 0.6) is 0 Å². The predicted molar refractivity (Wildman–Crippen MR) is 73.0 cm³/mol. The number of rotatable bonds is 7. The van der Waals surface area contributed by atoms with Crippen LogP contribution >= 0.6 is 23.5 Å². The lowest BCUT2D eigenvalue weighted by Gasteiger charge is -2.03. The van der Waals surface area contributed by atoms with Gasteiger partial charge in [0.2, 0.25) is 0 Å². The van der Waals surface area contributed by atoms with Gasteiger partial charge in [0.25, 0.3) is 0 Å². The predicted octanol–water partition coefficient (Wildman–Crippen LogP) is 2.96. The molecule has 0 saturated carbocycles. The van der Waals surface area contributed by atoms with Crippen LogP contribution in [0.25, 0.3) is 0 Å². The van der Waals surface area contributed by atoms with E-state index in [1.54, 1.807) is 11.6 Å². The Kier molecular flexibility index (Phi) is 5.84. The van der Waals surface area contributed by atoms with E-state index in [0.29, 0.717) is 17.3 Å². The maximum Gasteiger partial charge on any atom is 0.323 e. The van der Waals surface area contributed by atoms with Crippen molar-refractivity contribution in [1.29, 1.82) is 0 Å². The zero-order valence-corrected chi connectivity index (χ0v) is 11.9. The van der Waals surface area contributed by atoms with Gasteiger partial charge in [0.05, 0.1) is 4.92 Å². The molecule has 0 aliphatic rings. The van der Waals surface area contributed by atoms with E-state index < -0.39 is 0 Å². The molecule has 0 bridgehead atoms. The number of hydrogen-bond donors (Lipinski definition) is 0. The third-order valence-corrected chi connectivity index (χ3v) is 4.45. The van der Waals surface area contributed by atoms with Crippen LogP contribution in [0.3, 0.4) is 0 Å². The molecule has 0 radical (unpaired) electrons. The van der Waals surface area contributed by atoms with Crippen molar-refractivity contribution < 1.29 is 4.92 Å². The second kappa shape index (κ2) is 6.90. The van der Waals surface area contributed by atoms with E-state index in [2.05, 4.69) is 12.0 Å². The normalized spacial score (nSPS) is 10.8. The van der Waals surface area contributed by atoms with Crippen molar-refractivity contribution in [2.24, 2.45) is 0 Å². The summed E-state index contributed by atoms with van der Waals surface area (Å²) in [5.74, 6) is 2.96. The van der Waals surface area contributed by atoms with Gasteiger partial charge < -0.3 is 0 Å². The van der Waals surface area contributed by atoms with Crippen LogP contribution in [0.1, 0.15) is 19.5 Å². The molecule has 96 valence electrons. The van der Waals surface area contributed by atoms with Gasteiger partial charge in [-0.1, -0.05) is 18.7 Å². The van der Waals surface area contributed by atoms with Crippen LogP contribution in [0.4, 0.5) is 5.69 Å². The van der Waals surface area contributed by atoms with Crippen molar-refractivity contribution in [3.8, 4) is 0 Å². The van der Waals surface area contributed by atoms with E-state index in [9.17, 15) is 10.1 Å². The zero-order chi connectivity index (χ0) is 12.8. The molecular formula is C10H17N3O2S2. The number of aromatic nitrogens is 2. The van der Waals surface area contributed by atoms with Gasteiger partial charge in [0.15, 0.2) is 5.03 Å². The second-order valence-corrected chi connectivity index (χ2v) is 5.83. The first-order chi connectivity index (χ1) is 8.11. The summed E-state index contributed by atoms with van der Waals surface area (Å²) in [5, 5.41) is 15.9. The Hall–Kier alpha value is -0.690. The average Bonchev–Trinajstić information content (AvgIpc) is 2.61. The molecule has 5 nitrogen and oxygen atoms in total. The molecule has 0 amide bonds. The molecule has 0 spiro atoms. The Morgan fingerprint density at radius 1 is 1.41 bits per heavy atom. The van der Waals surface area contributed by atoms with Crippen molar-refractivity contribution >= 4 is 29.2 Å². The highest BCUT2D eigenvalue weighted by molar-refractivity contribution is 8.02. The smallest absolute Gasteiger partial charge is 0.258 e. The molecule has 1 aromatic rings. The van der Waals surface area contributed by atoms with Crippen LogP contribution in [0.2, 0.25) is 0 Å². The van der Waals surface area contributed by atoms with Crippen LogP contribution in [-0.4, -0.2) is 32.0 Å². The molecular weight excluding hydrogens is 258 g/mol. The molecule has 0 aromatic carbocycles. The molecule has 0 aliphatic heterocycles. The fraction of sp³-hybridized carbons (Fsp3) is 0.700. The third-order valence-electron chi connectivity index (χ3n) is 2.20. The molecule has 1 aromatic heterocycles. The Labute approximate surface area is 109 Å². The van der Waals surface area contributed by atoms with Crippen LogP contribution < -0.4 is 0 Å². The topological polar surface area (TPSA) is 61.0 Å². The summed E-state index contributed by atoms with van der Waals surface area (Å²) < 4.78 is 1.72. The van der Waals surface area contributed by atoms with Gasteiger partial charge in [-0.2, -0.15) is 16.9 Å². The van der Waals surface area contributed by atoms with Gasteiger partial charge in [-0.05, 0) is 19.6 Å². The first-order valence-corrected chi connectivity index (χ1v) is 7.68. The highest BCUT2D eigenvalue weighted by atomic mass is 32.2. The zero-order valence-electron chi connectivity index (χ0n) is 10.3. The minimum absolute atomic E-state index is 0.165. The summed E-state index contributed by atoms with van der Waals surface area (Å²) >= 11 is 3.37. The lowest BCUT2D eigenvalue weighted by molar-refractivity contribution is -0.388. The van der Waals surface area contributed by atoms with Crippen molar-refractivity contribution in [2.45, 2.75) is 32.3 Å². The summed E-state index contributed by atoms with van der Waals surface area (Å²) in [5.41, 5.74) is 0.667. The Morgan fingerprint density at radius 2 is 2.12 bits per heavy atom.